The fraction of sp³-hybridized carbons (Fsp3) is 0.486. The highest BCUT2D eigenvalue weighted by molar-refractivity contribution is 5.95. The van der Waals surface area contributed by atoms with Crippen molar-refractivity contribution in [3.63, 3.8) is 0 Å². The molecule has 0 atom stereocenters. The van der Waals surface area contributed by atoms with Crippen LogP contribution in [-0.4, -0.2) is 87.0 Å². The molecular weight excluding hydrogens is 540 g/mol. The number of anilines is 1. The summed E-state index contributed by atoms with van der Waals surface area (Å²) in [5.74, 6) is 0.915. The third-order valence-electron chi connectivity index (χ3n) is 8.31. The normalized spacial score (nSPS) is 17.5. The monoisotopic (exact) mass is 586 g/mol. The Hall–Kier alpha value is -3.30. The summed E-state index contributed by atoms with van der Waals surface area (Å²) in [7, 11) is 1.59. The third-order valence-corrected chi connectivity index (χ3v) is 8.31. The number of pyridine rings is 1. The lowest BCUT2D eigenvalue weighted by Gasteiger charge is -2.30. The van der Waals surface area contributed by atoms with Crippen molar-refractivity contribution in [2.24, 2.45) is 0 Å². The summed E-state index contributed by atoms with van der Waals surface area (Å²) in [5.41, 5.74) is 5.64. The van der Waals surface area contributed by atoms with E-state index < -0.39 is 0 Å². The molecule has 2 aliphatic heterocycles. The number of carbonyl (C=O) groups is 1. The highest BCUT2D eigenvalue weighted by atomic mass is 16.5. The van der Waals surface area contributed by atoms with Crippen LogP contribution in [0.25, 0.3) is 11.1 Å². The van der Waals surface area contributed by atoms with Crippen molar-refractivity contribution in [1.29, 1.82) is 0 Å². The number of aromatic nitrogens is 1. The molecule has 2 aliphatic rings. The molecule has 230 valence electrons. The molecule has 3 aromatic rings. The van der Waals surface area contributed by atoms with Gasteiger partial charge in [0.05, 0.1) is 13.2 Å². The number of carbonyl (C=O) groups excluding carboxylic acids is 1. The first-order valence-electron chi connectivity index (χ1n) is 15.8. The lowest BCUT2D eigenvalue weighted by atomic mass is 10.0. The van der Waals surface area contributed by atoms with Gasteiger partial charge in [-0.05, 0) is 78.0 Å². The highest BCUT2D eigenvalue weighted by Crippen LogP contribution is 2.30. The van der Waals surface area contributed by atoms with E-state index in [1.54, 1.807) is 7.11 Å². The van der Waals surface area contributed by atoms with Crippen LogP contribution in [-0.2, 0) is 27.4 Å². The Balaban J connectivity index is 1.34. The zero-order chi connectivity index (χ0) is 29.7. The van der Waals surface area contributed by atoms with Gasteiger partial charge in [0.15, 0.2) is 0 Å². The van der Waals surface area contributed by atoms with Crippen LogP contribution in [0.2, 0.25) is 0 Å². The standard InChI is InChI=1S/C35H46N4O4/c1-41-28-35(40)39-18-6-4-2-3-5-17-38(27-32-25-31(9-12-34(32)39)30-13-15-36-16-14-30)26-29-7-10-33(11-8-29)43-24-21-37-19-22-42-23-20-37/h7-16,25H,2-6,17-24,26-28H2,1H3. The number of methoxy groups -OCH3 is 1. The van der Waals surface area contributed by atoms with E-state index >= 15 is 0 Å². The minimum atomic E-state index is 0.00762. The van der Waals surface area contributed by atoms with Crippen LogP contribution in [0.15, 0.2) is 67.0 Å². The van der Waals surface area contributed by atoms with Gasteiger partial charge in [0.2, 0.25) is 0 Å². The van der Waals surface area contributed by atoms with Gasteiger partial charge in [-0.2, -0.15) is 0 Å². The summed E-state index contributed by atoms with van der Waals surface area (Å²) in [4.78, 5) is 24.3. The largest absolute Gasteiger partial charge is 0.492 e. The van der Waals surface area contributed by atoms with Crippen molar-refractivity contribution >= 4 is 11.6 Å². The maximum atomic E-state index is 13.3. The molecule has 1 aromatic heterocycles. The minimum absolute atomic E-state index is 0.00762. The Morgan fingerprint density at radius 3 is 2.35 bits per heavy atom. The molecular formula is C35H46N4O4. The van der Waals surface area contributed by atoms with Crippen LogP contribution < -0.4 is 9.64 Å². The van der Waals surface area contributed by atoms with Crippen LogP contribution in [0.3, 0.4) is 0 Å². The first-order valence-corrected chi connectivity index (χ1v) is 15.8. The maximum Gasteiger partial charge on any atom is 0.252 e. The molecule has 5 rings (SSSR count). The second-order valence-corrected chi connectivity index (χ2v) is 11.5. The third kappa shape index (κ3) is 9.34. The van der Waals surface area contributed by atoms with Crippen LogP contribution in [0.5, 0.6) is 5.75 Å². The van der Waals surface area contributed by atoms with Gasteiger partial charge < -0.3 is 19.1 Å². The second-order valence-electron chi connectivity index (χ2n) is 11.5. The van der Waals surface area contributed by atoms with E-state index in [2.05, 4.69) is 57.2 Å². The summed E-state index contributed by atoms with van der Waals surface area (Å²) in [6.07, 6.45) is 9.30. The molecule has 1 saturated heterocycles. The average Bonchev–Trinajstić information content (AvgIpc) is 3.04. The SMILES string of the molecule is COCC(=O)N1CCCCCCCN(Cc2ccc(OCCN3CCOCC3)cc2)Cc2cc(-c3ccncc3)ccc21. The summed E-state index contributed by atoms with van der Waals surface area (Å²) in [6.45, 7) is 8.54. The summed E-state index contributed by atoms with van der Waals surface area (Å²) >= 11 is 0. The van der Waals surface area contributed by atoms with Crippen molar-refractivity contribution in [3.8, 4) is 16.9 Å². The topological polar surface area (TPSA) is 67.4 Å². The van der Waals surface area contributed by atoms with Crippen LogP contribution in [0.1, 0.15) is 43.2 Å². The van der Waals surface area contributed by atoms with Crippen molar-refractivity contribution in [2.75, 3.05) is 71.2 Å². The quantitative estimate of drug-likeness (QED) is 0.332. The molecule has 0 N–H and O–H groups in total. The average molecular weight is 587 g/mol. The number of nitrogens with zero attached hydrogens (tertiary/aromatic N) is 4. The lowest BCUT2D eigenvalue weighted by Crippen LogP contribution is -2.38. The number of amides is 1. The van der Waals surface area contributed by atoms with E-state index in [-0.39, 0.29) is 12.5 Å². The zero-order valence-corrected chi connectivity index (χ0v) is 25.6. The van der Waals surface area contributed by atoms with Crippen molar-refractivity contribution in [3.05, 3.63) is 78.1 Å². The number of fused-ring (bicyclic) bond motifs is 1. The number of benzene rings is 2. The Labute approximate surface area is 256 Å². The van der Waals surface area contributed by atoms with Gasteiger partial charge in [-0.1, -0.05) is 37.5 Å². The number of hydrogen-bond acceptors (Lipinski definition) is 7. The smallest absolute Gasteiger partial charge is 0.252 e. The predicted octanol–water partition coefficient (Wildman–Crippen LogP) is 5.41. The van der Waals surface area contributed by atoms with Gasteiger partial charge in [-0.25, -0.2) is 0 Å². The molecule has 0 aliphatic carbocycles. The summed E-state index contributed by atoms with van der Waals surface area (Å²) < 4.78 is 16.8. The molecule has 0 bridgehead atoms. The van der Waals surface area contributed by atoms with Crippen molar-refractivity contribution in [2.45, 2.75) is 45.2 Å². The Kier molecular flexibility index (Phi) is 12.0. The fourth-order valence-corrected chi connectivity index (χ4v) is 5.94. The van der Waals surface area contributed by atoms with E-state index in [0.29, 0.717) is 13.2 Å². The van der Waals surface area contributed by atoms with Crippen LogP contribution in [0, 0.1) is 0 Å². The molecule has 0 radical (unpaired) electrons. The van der Waals surface area contributed by atoms with Gasteiger partial charge in [0, 0.05) is 64.5 Å². The van der Waals surface area contributed by atoms with Crippen molar-refractivity contribution < 1.29 is 19.0 Å². The predicted molar refractivity (Wildman–Crippen MR) is 170 cm³/mol. The number of morpholine rings is 1. The molecule has 1 fully saturated rings. The number of rotatable bonds is 9. The molecule has 8 heteroatoms. The summed E-state index contributed by atoms with van der Waals surface area (Å²) in [6, 6.07) is 19.1. The molecule has 0 saturated carbocycles. The molecule has 2 aromatic carbocycles. The molecule has 0 unspecified atom stereocenters. The Bertz CT molecular complexity index is 1260. The second kappa shape index (κ2) is 16.5. The highest BCUT2D eigenvalue weighted by Gasteiger charge is 2.21. The van der Waals surface area contributed by atoms with Crippen molar-refractivity contribution in [1.82, 2.24) is 14.8 Å². The van der Waals surface area contributed by atoms with E-state index in [1.807, 2.05) is 29.4 Å². The lowest BCUT2D eigenvalue weighted by molar-refractivity contribution is -0.122. The van der Waals surface area contributed by atoms with Gasteiger partial charge >= 0.3 is 0 Å². The summed E-state index contributed by atoms with van der Waals surface area (Å²) in [5, 5.41) is 0. The van der Waals surface area contributed by atoms with Gasteiger partial charge in [0.25, 0.3) is 5.91 Å². The first-order chi connectivity index (χ1) is 21.2. The Morgan fingerprint density at radius 1 is 0.837 bits per heavy atom. The first kappa shape index (κ1) is 31.1. The number of hydrogen-bond donors (Lipinski definition) is 0. The molecule has 8 nitrogen and oxygen atoms in total. The molecule has 43 heavy (non-hydrogen) atoms. The fourth-order valence-electron chi connectivity index (χ4n) is 5.94. The van der Waals surface area contributed by atoms with Gasteiger partial charge in [-0.3, -0.25) is 19.6 Å². The minimum Gasteiger partial charge on any atom is -0.492 e. The van der Waals surface area contributed by atoms with Crippen LogP contribution in [0.4, 0.5) is 5.69 Å². The van der Waals surface area contributed by atoms with Gasteiger partial charge in [0.1, 0.15) is 19.0 Å². The molecule has 0 spiro atoms. The number of ether oxygens (including phenoxy) is 3. The molecule has 1 amide bonds. The maximum absolute atomic E-state index is 13.3. The zero-order valence-electron chi connectivity index (χ0n) is 25.6. The van der Waals surface area contributed by atoms with Gasteiger partial charge in [-0.15, -0.1) is 0 Å². The van der Waals surface area contributed by atoms with E-state index in [1.165, 1.54) is 18.4 Å². The van der Waals surface area contributed by atoms with E-state index in [0.717, 1.165) is 99.9 Å². The molecule has 3 heterocycles. The van der Waals surface area contributed by atoms with Crippen LogP contribution >= 0.6 is 0 Å². The Morgan fingerprint density at radius 2 is 1.58 bits per heavy atom. The van der Waals surface area contributed by atoms with E-state index in [9.17, 15) is 4.79 Å². The van der Waals surface area contributed by atoms with E-state index in [4.69, 9.17) is 14.2 Å².